The van der Waals surface area contributed by atoms with Crippen molar-refractivity contribution in [2.45, 2.75) is 19.4 Å². The van der Waals surface area contributed by atoms with Gasteiger partial charge in [-0.3, -0.25) is 0 Å². The molecular weight excluding hydrogens is 405 g/mol. The molecule has 0 bridgehead atoms. The van der Waals surface area contributed by atoms with E-state index in [2.05, 4.69) is 4.98 Å². The maximum atomic E-state index is 13.7. The molecule has 0 spiro atoms. The fourth-order valence-electron chi connectivity index (χ4n) is 3.70. The number of halogens is 1. The van der Waals surface area contributed by atoms with Crippen molar-refractivity contribution in [2.75, 3.05) is 0 Å². The summed E-state index contributed by atoms with van der Waals surface area (Å²) in [5.41, 5.74) is 9.46. The second-order valence-electron chi connectivity index (χ2n) is 8.17. The van der Waals surface area contributed by atoms with E-state index >= 15 is 0 Å². The summed E-state index contributed by atoms with van der Waals surface area (Å²) in [6.07, 6.45) is 0. The van der Waals surface area contributed by atoms with Crippen LogP contribution in [0.1, 0.15) is 35.3 Å². The first-order valence-electron chi connectivity index (χ1n) is 9.96. The molecule has 0 aliphatic carbocycles. The minimum absolute atomic E-state index is 0.0932. The van der Waals surface area contributed by atoms with Crippen LogP contribution in [0.25, 0.3) is 33.3 Å². The van der Waals surface area contributed by atoms with Crippen LogP contribution in [0.5, 0.6) is 0 Å². The van der Waals surface area contributed by atoms with E-state index in [1.165, 1.54) is 12.1 Å². The van der Waals surface area contributed by atoms with Crippen LogP contribution >= 0.6 is 0 Å². The smallest absolute Gasteiger partial charge is 0.337 e. The number of hydrogen-bond acceptors (Lipinski definition) is 4. The highest BCUT2D eigenvalue weighted by Gasteiger charge is 2.22. The number of nitrogens with zero attached hydrogens (tertiary/aromatic N) is 2. The van der Waals surface area contributed by atoms with Crippen LogP contribution in [-0.4, -0.2) is 16.1 Å². The molecular formula is C26H20FN3O2. The number of fused-ring (bicyclic) bond motifs is 1. The molecule has 3 aromatic carbocycles. The lowest BCUT2D eigenvalue weighted by Crippen LogP contribution is -2.28. The third kappa shape index (κ3) is 3.82. The van der Waals surface area contributed by atoms with Crippen LogP contribution < -0.4 is 5.73 Å². The van der Waals surface area contributed by atoms with Crippen molar-refractivity contribution < 1.29 is 14.3 Å². The molecule has 0 amide bonds. The maximum Gasteiger partial charge on any atom is 0.337 e. The summed E-state index contributed by atoms with van der Waals surface area (Å²) in [5, 5.41) is 19.5. The van der Waals surface area contributed by atoms with E-state index in [-0.39, 0.29) is 22.2 Å². The summed E-state index contributed by atoms with van der Waals surface area (Å²) < 4.78 is 13.7. The van der Waals surface area contributed by atoms with Gasteiger partial charge in [0, 0.05) is 16.5 Å². The Kier molecular flexibility index (Phi) is 5.21. The largest absolute Gasteiger partial charge is 0.478 e. The summed E-state index contributed by atoms with van der Waals surface area (Å²) in [7, 11) is 0. The predicted octanol–water partition coefficient (Wildman–Crippen LogP) is 5.47. The Morgan fingerprint density at radius 1 is 1.03 bits per heavy atom. The third-order valence-electron chi connectivity index (χ3n) is 5.37. The topological polar surface area (TPSA) is 100 Å². The third-order valence-corrected chi connectivity index (χ3v) is 5.37. The first-order chi connectivity index (χ1) is 15.2. The number of hydrogen-bond donors (Lipinski definition) is 2. The van der Waals surface area contributed by atoms with Gasteiger partial charge >= 0.3 is 5.97 Å². The molecule has 0 atom stereocenters. The number of nitrogens with two attached hydrogens (primary N) is 1. The van der Waals surface area contributed by atoms with Crippen molar-refractivity contribution in [1.82, 2.24) is 4.98 Å². The van der Waals surface area contributed by atoms with Crippen molar-refractivity contribution in [3.63, 3.8) is 0 Å². The molecule has 1 heterocycles. The number of aromatic nitrogens is 1. The fraction of sp³-hybridized carbons (Fsp3) is 0.115. The van der Waals surface area contributed by atoms with Crippen molar-refractivity contribution >= 4 is 16.9 Å². The quantitative estimate of drug-likeness (QED) is 0.451. The lowest BCUT2D eigenvalue weighted by molar-refractivity contribution is 0.0698. The van der Waals surface area contributed by atoms with E-state index in [0.29, 0.717) is 11.1 Å². The Balaban J connectivity index is 1.85. The van der Waals surface area contributed by atoms with Crippen molar-refractivity contribution in [2.24, 2.45) is 5.73 Å². The molecule has 3 N–H and O–H groups in total. The summed E-state index contributed by atoms with van der Waals surface area (Å²) >= 11 is 0. The van der Waals surface area contributed by atoms with Gasteiger partial charge in [0.25, 0.3) is 0 Å². The standard InChI is InChI=1S/C26H20FN3O2/c1-26(2,29)18-5-3-4-17(12-18)15-6-8-16(9-7-15)24-21(14-28)23(25(31)32)20-13-19(27)10-11-22(20)30-24/h3-13H,29H2,1-2H3,(H,31,32). The Hall–Kier alpha value is -4.08. The molecule has 0 unspecified atom stereocenters. The predicted molar refractivity (Wildman–Crippen MR) is 121 cm³/mol. The van der Waals surface area contributed by atoms with Gasteiger partial charge in [-0.1, -0.05) is 42.5 Å². The first-order valence-corrected chi connectivity index (χ1v) is 9.96. The van der Waals surface area contributed by atoms with Crippen molar-refractivity contribution in [3.8, 4) is 28.5 Å². The maximum absolute atomic E-state index is 13.7. The summed E-state index contributed by atoms with van der Waals surface area (Å²) in [5.74, 6) is -1.90. The molecule has 1 aromatic heterocycles. The highest BCUT2D eigenvalue weighted by atomic mass is 19.1. The normalized spacial score (nSPS) is 11.3. The molecule has 0 aliphatic heterocycles. The molecule has 5 nitrogen and oxygen atoms in total. The Bertz CT molecular complexity index is 1400. The van der Waals surface area contributed by atoms with Crippen LogP contribution in [-0.2, 0) is 5.54 Å². The second-order valence-corrected chi connectivity index (χ2v) is 8.17. The molecule has 0 radical (unpaired) electrons. The van der Waals surface area contributed by atoms with Gasteiger partial charge in [-0.05, 0) is 54.8 Å². The Labute approximate surface area is 184 Å². The first kappa shape index (κ1) is 21.2. The zero-order valence-electron chi connectivity index (χ0n) is 17.6. The summed E-state index contributed by atoms with van der Waals surface area (Å²) in [6.45, 7) is 3.88. The van der Waals surface area contributed by atoms with E-state index < -0.39 is 17.3 Å². The summed E-state index contributed by atoms with van der Waals surface area (Å²) in [6, 6.07) is 21.0. The highest BCUT2D eigenvalue weighted by molar-refractivity contribution is 6.06. The summed E-state index contributed by atoms with van der Waals surface area (Å²) in [4.78, 5) is 16.4. The van der Waals surface area contributed by atoms with Gasteiger partial charge in [-0.2, -0.15) is 5.26 Å². The second kappa shape index (κ2) is 7.88. The van der Waals surface area contributed by atoms with Crippen LogP contribution in [0.2, 0.25) is 0 Å². The molecule has 4 rings (SSSR count). The molecule has 158 valence electrons. The van der Waals surface area contributed by atoms with Crippen LogP contribution in [0.3, 0.4) is 0 Å². The van der Waals surface area contributed by atoms with Gasteiger partial charge in [-0.25, -0.2) is 14.2 Å². The van der Waals surface area contributed by atoms with Crippen LogP contribution in [0.4, 0.5) is 4.39 Å². The number of pyridine rings is 1. The van der Waals surface area contributed by atoms with Gasteiger partial charge in [0.1, 0.15) is 11.9 Å². The lowest BCUT2D eigenvalue weighted by Gasteiger charge is -2.20. The van der Waals surface area contributed by atoms with Gasteiger partial charge in [0.2, 0.25) is 0 Å². The fourth-order valence-corrected chi connectivity index (χ4v) is 3.70. The molecule has 32 heavy (non-hydrogen) atoms. The zero-order valence-corrected chi connectivity index (χ0v) is 17.6. The van der Waals surface area contributed by atoms with Gasteiger partial charge < -0.3 is 10.8 Å². The average molecular weight is 425 g/mol. The number of carboxylic acids is 1. The monoisotopic (exact) mass is 425 g/mol. The number of rotatable bonds is 4. The zero-order chi connectivity index (χ0) is 23.0. The number of nitriles is 1. The minimum Gasteiger partial charge on any atom is -0.478 e. The Morgan fingerprint density at radius 2 is 1.72 bits per heavy atom. The van der Waals surface area contributed by atoms with Crippen LogP contribution in [0.15, 0.2) is 66.7 Å². The minimum atomic E-state index is -1.31. The van der Waals surface area contributed by atoms with Crippen molar-refractivity contribution in [3.05, 3.63) is 89.2 Å². The molecule has 4 aromatic rings. The Morgan fingerprint density at radius 3 is 2.34 bits per heavy atom. The van der Waals surface area contributed by atoms with E-state index in [1.807, 2.05) is 56.3 Å². The molecule has 0 fully saturated rings. The number of aromatic carboxylic acids is 1. The molecule has 0 aliphatic rings. The van der Waals surface area contributed by atoms with Gasteiger partial charge in [0.15, 0.2) is 0 Å². The van der Waals surface area contributed by atoms with Gasteiger partial charge in [0.05, 0.1) is 22.3 Å². The number of benzene rings is 3. The molecule has 0 saturated carbocycles. The van der Waals surface area contributed by atoms with Gasteiger partial charge in [-0.15, -0.1) is 0 Å². The van der Waals surface area contributed by atoms with Crippen LogP contribution in [0, 0.1) is 17.1 Å². The van der Waals surface area contributed by atoms with E-state index in [4.69, 9.17) is 5.73 Å². The van der Waals surface area contributed by atoms with E-state index in [1.54, 1.807) is 12.1 Å². The molecule has 6 heteroatoms. The van der Waals surface area contributed by atoms with Crippen molar-refractivity contribution in [1.29, 1.82) is 5.26 Å². The lowest BCUT2D eigenvalue weighted by atomic mass is 9.91. The highest BCUT2D eigenvalue weighted by Crippen LogP contribution is 2.32. The average Bonchev–Trinajstić information content (AvgIpc) is 2.77. The van der Waals surface area contributed by atoms with E-state index in [9.17, 15) is 19.6 Å². The number of carboxylic acid groups (broad SMARTS) is 1. The SMILES string of the molecule is CC(C)(N)c1cccc(-c2ccc(-c3nc4ccc(F)cc4c(C(=O)O)c3C#N)cc2)c1. The van der Waals surface area contributed by atoms with E-state index in [0.717, 1.165) is 22.8 Å². The molecule has 0 saturated heterocycles. The number of carbonyl (C=O) groups is 1.